The number of carboxylic acid groups (broad SMARTS) is 1. The van der Waals surface area contributed by atoms with Crippen molar-refractivity contribution in [3.05, 3.63) is 46.3 Å². The maximum atomic E-state index is 12.3. The Labute approximate surface area is 158 Å². The van der Waals surface area contributed by atoms with E-state index in [1.165, 1.54) is 0 Å². The Balaban J connectivity index is 2.29. The van der Waals surface area contributed by atoms with Gasteiger partial charge in [-0.2, -0.15) is 0 Å². The molecule has 140 valence electrons. The maximum Gasteiger partial charge on any atom is 0.410 e. The number of halogens is 1. The van der Waals surface area contributed by atoms with Crippen LogP contribution in [-0.4, -0.2) is 46.8 Å². The first-order chi connectivity index (χ1) is 12.1. The summed E-state index contributed by atoms with van der Waals surface area (Å²) in [5.41, 5.74) is -0.701. The van der Waals surface area contributed by atoms with Crippen LogP contribution in [0.4, 0.5) is 4.79 Å². The van der Waals surface area contributed by atoms with Gasteiger partial charge in [0.05, 0.1) is 5.41 Å². The summed E-state index contributed by atoms with van der Waals surface area (Å²) in [6.45, 7) is 13.5. The lowest BCUT2D eigenvalue weighted by molar-refractivity contribution is -0.139. The first-order valence-electron chi connectivity index (χ1n) is 8.42. The van der Waals surface area contributed by atoms with Crippen molar-refractivity contribution in [3.63, 3.8) is 0 Å². The smallest absolute Gasteiger partial charge is 0.410 e. The molecule has 1 heterocycles. The zero-order valence-electron chi connectivity index (χ0n) is 15.2. The predicted molar refractivity (Wildman–Crippen MR) is 98.2 cm³/mol. The number of aliphatic carboxylic acids is 1. The number of hydrogen-bond acceptors (Lipinski definition) is 3. The van der Waals surface area contributed by atoms with E-state index in [4.69, 9.17) is 22.9 Å². The van der Waals surface area contributed by atoms with Gasteiger partial charge >= 0.3 is 18.1 Å². The number of rotatable bonds is 3. The number of ether oxygens (including phenoxy) is 1. The molecule has 0 radical (unpaired) electrons. The van der Waals surface area contributed by atoms with Crippen LogP contribution < -0.4 is 0 Å². The summed E-state index contributed by atoms with van der Waals surface area (Å²) in [4.78, 5) is 29.0. The maximum absolute atomic E-state index is 12.3. The van der Waals surface area contributed by atoms with Gasteiger partial charge in [-0.25, -0.2) is 16.2 Å². The van der Waals surface area contributed by atoms with Gasteiger partial charge < -0.3 is 19.6 Å². The molecule has 1 amide bonds. The van der Waals surface area contributed by atoms with E-state index < -0.39 is 29.1 Å². The summed E-state index contributed by atoms with van der Waals surface area (Å²) in [7, 11) is 0. The molecular formula is C19H23ClN2O4. The van der Waals surface area contributed by atoms with Gasteiger partial charge in [0.2, 0.25) is 0 Å². The fraction of sp³-hybridized carbons (Fsp3) is 0.526. The van der Waals surface area contributed by atoms with Crippen molar-refractivity contribution in [1.29, 1.82) is 0 Å². The number of nitrogens with zero attached hydrogens (tertiary/aromatic N) is 2. The number of benzene rings is 1. The van der Waals surface area contributed by atoms with Crippen molar-refractivity contribution < 1.29 is 19.4 Å². The fourth-order valence-electron chi connectivity index (χ4n) is 3.33. The summed E-state index contributed by atoms with van der Waals surface area (Å²) in [5, 5.41) is 10.1. The highest BCUT2D eigenvalue weighted by Crippen LogP contribution is 2.41. The third-order valence-corrected chi connectivity index (χ3v) is 4.86. The van der Waals surface area contributed by atoms with Crippen LogP contribution in [0.25, 0.3) is 4.85 Å². The topological polar surface area (TPSA) is 71.2 Å². The second kappa shape index (κ2) is 7.55. The first-order valence-corrected chi connectivity index (χ1v) is 8.80. The SMILES string of the molecule is [C-]#[N+]C(C(=O)O)C1(c2ccc(Cl)cc2)CCN(C(=O)OC(C)(C)C)CC1. The normalized spacial score (nSPS) is 17.9. The van der Waals surface area contributed by atoms with Crippen LogP contribution in [0.5, 0.6) is 0 Å². The molecule has 0 saturated carbocycles. The largest absolute Gasteiger partial charge is 0.475 e. The van der Waals surface area contributed by atoms with E-state index in [0.29, 0.717) is 31.0 Å². The quantitative estimate of drug-likeness (QED) is 0.807. The van der Waals surface area contributed by atoms with Gasteiger partial charge in [0, 0.05) is 18.1 Å². The Kier molecular flexibility index (Phi) is 5.82. The van der Waals surface area contributed by atoms with Crippen LogP contribution in [0.15, 0.2) is 24.3 Å². The zero-order chi connectivity index (χ0) is 19.5. The minimum Gasteiger partial charge on any atom is -0.475 e. The molecule has 1 atom stereocenters. The Morgan fingerprint density at radius 3 is 2.23 bits per heavy atom. The van der Waals surface area contributed by atoms with E-state index in [-0.39, 0.29) is 0 Å². The van der Waals surface area contributed by atoms with E-state index in [1.807, 2.05) is 0 Å². The van der Waals surface area contributed by atoms with Crippen molar-refractivity contribution in [2.75, 3.05) is 13.1 Å². The van der Waals surface area contributed by atoms with E-state index >= 15 is 0 Å². The lowest BCUT2D eigenvalue weighted by Gasteiger charge is -2.41. The number of piperidine rings is 1. The second-order valence-electron chi connectivity index (χ2n) is 7.50. The molecular weight excluding hydrogens is 356 g/mol. The summed E-state index contributed by atoms with van der Waals surface area (Å²) < 4.78 is 5.39. The number of hydrogen-bond donors (Lipinski definition) is 1. The Morgan fingerprint density at radius 2 is 1.81 bits per heavy atom. The minimum absolute atomic E-state index is 0.330. The average Bonchev–Trinajstić information content (AvgIpc) is 2.54. The Morgan fingerprint density at radius 1 is 1.27 bits per heavy atom. The third-order valence-electron chi connectivity index (χ3n) is 4.61. The lowest BCUT2D eigenvalue weighted by Crippen LogP contribution is -2.52. The van der Waals surface area contributed by atoms with Gasteiger partial charge in [0.15, 0.2) is 0 Å². The molecule has 0 spiro atoms. The average molecular weight is 379 g/mol. The van der Waals surface area contributed by atoms with E-state index in [0.717, 1.165) is 5.56 Å². The molecule has 26 heavy (non-hydrogen) atoms. The molecule has 1 aliphatic heterocycles. The van der Waals surface area contributed by atoms with Crippen LogP contribution in [0, 0.1) is 6.57 Å². The van der Waals surface area contributed by atoms with Gasteiger partial charge in [-0.15, -0.1) is 0 Å². The second-order valence-corrected chi connectivity index (χ2v) is 7.94. The van der Waals surface area contributed by atoms with Crippen LogP contribution >= 0.6 is 11.6 Å². The monoisotopic (exact) mass is 378 g/mol. The summed E-state index contributed by atoms with van der Waals surface area (Å²) >= 11 is 5.95. The van der Waals surface area contributed by atoms with Crippen molar-refractivity contribution in [2.45, 2.75) is 50.7 Å². The van der Waals surface area contributed by atoms with E-state index in [2.05, 4.69) is 4.85 Å². The molecule has 6 nitrogen and oxygen atoms in total. The predicted octanol–water partition coefficient (Wildman–Crippen LogP) is 3.98. The molecule has 2 rings (SSSR count). The van der Waals surface area contributed by atoms with E-state index in [1.54, 1.807) is 49.9 Å². The van der Waals surface area contributed by atoms with E-state index in [9.17, 15) is 14.7 Å². The van der Waals surface area contributed by atoms with Crippen molar-refractivity contribution in [1.82, 2.24) is 4.90 Å². The van der Waals surface area contributed by atoms with Crippen LogP contribution in [0.2, 0.25) is 5.02 Å². The standard InChI is InChI=1S/C19H23ClN2O4/c1-18(2,3)26-17(25)22-11-9-19(10-12-22,15(21-4)16(23)24)13-5-7-14(20)8-6-13/h5-8,15H,9-12H2,1-3H3,(H,23,24). The molecule has 7 heteroatoms. The van der Waals surface area contributed by atoms with Crippen molar-refractivity contribution in [3.8, 4) is 0 Å². The summed E-state index contributed by atoms with van der Waals surface area (Å²) in [5.74, 6) is -1.15. The number of amides is 1. The van der Waals surface area contributed by atoms with Gasteiger partial charge in [-0.3, -0.25) is 0 Å². The zero-order valence-corrected chi connectivity index (χ0v) is 15.9. The molecule has 1 aliphatic rings. The summed E-state index contributed by atoms with van der Waals surface area (Å²) in [6.07, 6.45) is 0.317. The molecule has 1 unspecified atom stereocenters. The van der Waals surface area contributed by atoms with Crippen LogP contribution in [0.3, 0.4) is 0 Å². The van der Waals surface area contributed by atoms with Gasteiger partial charge in [0.25, 0.3) is 0 Å². The Bertz CT molecular complexity index is 711. The number of carbonyl (C=O) groups excluding carboxylic acids is 1. The van der Waals surface area contributed by atoms with Crippen molar-refractivity contribution in [2.24, 2.45) is 0 Å². The lowest BCUT2D eigenvalue weighted by atomic mass is 9.67. The summed E-state index contributed by atoms with van der Waals surface area (Å²) in [6, 6.07) is 5.72. The van der Waals surface area contributed by atoms with Crippen LogP contribution in [-0.2, 0) is 14.9 Å². The minimum atomic E-state index is -1.22. The molecule has 1 aromatic carbocycles. The highest BCUT2D eigenvalue weighted by atomic mass is 35.5. The number of carboxylic acids is 1. The Hall–Kier alpha value is -2.26. The molecule has 1 saturated heterocycles. The number of carbonyl (C=O) groups is 2. The van der Waals surface area contributed by atoms with Gasteiger partial charge in [-0.1, -0.05) is 23.7 Å². The highest BCUT2D eigenvalue weighted by Gasteiger charge is 2.52. The molecule has 0 aromatic heterocycles. The molecule has 1 N–H and O–H groups in total. The molecule has 0 aliphatic carbocycles. The highest BCUT2D eigenvalue weighted by molar-refractivity contribution is 6.30. The van der Waals surface area contributed by atoms with Gasteiger partial charge in [-0.05, 0) is 51.3 Å². The fourth-order valence-corrected chi connectivity index (χ4v) is 3.46. The third kappa shape index (κ3) is 4.28. The molecule has 1 fully saturated rings. The van der Waals surface area contributed by atoms with Gasteiger partial charge in [0.1, 0.15) is 5.60 Å². The first kappa shape index (κ1) is 20.1. The van der Waals surface area contributed by atoms with Crippen molar-refractivity contribution >= 4 is 23.7 Å². The molecule has 0 bridgehead atoms. The number of likely N-dealkylation sites (tertiary alicyclic amines) is 1. The van der Waals surface area contributed by atoms with Crippen LogP contribution in [0.1, 0.15) is 39.2 Å². The molecule has 1 aromatic rings.